The summed E-state index contributed by atoms with van der Waals surface area (Å²) in [5, 5.41) is 9.02. The van der Waals surface area contributed by atoms with E-state index >= 15 is 0 Å². The standard InChI is InChI=1S/C8H20N4/c1-9-5-7-12(4)8-6-10-11(2)3/h6,9H,5,7-8H2,1-4H3/b10-6+. The lowest BCUT2D eigenvalue weighted by molar-refractivity contribution is 0.377. The molecule has 12 heavy (non-hydrogen) atoms. The Hall–Kier alpha value is -0.610. The van der Waals surface area contributed by atoms with Gasteiger partial charge >= 0.3 is 0 Å². The number of likely N-dealkylation sites (N-methyl/N-ethyl adjacent to an activating group) is 2. The summed E-state index contributed by atoms with van der Waals surface area (Å²) in [6.45, 7) is 2.97. The molecule has 0 atom stereocenters. The summed E-state index contributed by atoms with van der Waals surface area (Å²) in [4.78, 5) is 2.21. The van der Waals surface area contributed by atoms with Crippen molar-refractivity contribution >= 4 is 6.21 Å². The predicted octanol–water partition coefficient (Wildman–Crippen LogP) is -0.315. The highest BCUT2D eigenvalue weighted by molar-refractivity contribution is 5.59. The minimum absolute atomic E-state index is 0.903. The van der Waals surface area contributed by atoms with Crippen LogP contribution in [0.25, 0.3) is 0 Å². The number of hydrazone groups is 1. The van der Waals surface area contributed by atoms with Gasteiger partial charge in [0.25, 0.3) is 0 Å². The van der Waals surface area contributed by atoms with Gasteiger partial charge in [-0.25, -0.2) is 0 Å². The van der Waals surface area contributed by atoms with Crippen LogP contribution in [0.5, 0.6) is 0 Å². The van der Waals surface area contributed by atoms with Gasteiger partial charge in [0.1, 0.15) is 0 Å². The zero-order valence-corrected chi connectivity index (χ0v) is 8.54. The lowest BCUT2D eigenvalue weighted by atomic mass is 10.5. The molecule has 0 aromatic rings. The molecule has 0 unspecified atom stereocenters. The molecular weight excluding hydrogens is 152 g/mol. The van der Waals surface area contributed by atoms with Gasteiger partial charge in [0.05, 0.1) is 0 Å². The highest BCUT2D eigenvalue weighted by Gasteiger charge is 1.92. The molecule has 0 aliphatic rings. The highest BCUT2D eigenvalue weighted by atomic mass is 15.4. The first kappa shape index (κ1) is 11.4. The van der Waals surface area contributed by atoms with Crippen LogP contribution >= 0.6 is 0 Å². The van der Waals surface area contributed by atoms with Crippen molar-refractivity contribution in [2.24, 2.45) is 5.10 Å². The van der Waals surface area contributed by atoms with Gasteiger partial charge in [-0.2, -0.15) is 5.10 Å². The van der Waals surface area contributed by atoms with E-state index in [1.165, 1.54) is 0 Å². The SMILES string of the molecule is CNCCN(C)C/C=N/N(C)C. The van der Waals surface area contributed by atoms with Crippen LogP contribution in [0, 0.1) is 0 Å². The van der Waals surface area contributed by atoms with E-state index in [4.69, 9.17) is 0 Å². The summed E-state index contributed by atoms with van der Waals surface area (Å²) in [6, 6.07) is 0. The molecule has 72 valence electrons. The molecule has 4 heteroatoms. The predicted molar refractivity (Wildman–Crippen MR) is 53.6 cm³/mol. The minimum atomic E-state index is 0.903. The Morgan fingerprint density at radius 1 is 1.33 bits per heavy atom. The van der Waals surface area contributed by atoms with Gasteiger partial charge in [-0.3, -0.25) is 4.90 Å². The smallest absolute Gasteiger partial charge is 0.0385 e. The maximum Gasteiger partial charge on any atom is 0.0385 e. The third kappa shape index (κ3) is 7.50. The summed E-state index contributed by atoms with van der Waals surface area (Å²) in [5.74, 6) is 0. The molecule has 0 amide bonds. The lowest BCUT2D eigenvalue weighted by Gasteiger charge is -2.13. The Morgan fingerprint density at radius 3 is 2.50 bits per heavy atom. The molecule has 0 radical (unpaired) electrons. The van der Waals surface area contributed by atoms with Crippen molar-refractivity contribution in [3.05, 3.63) is 0 Å². The second kappa shape index (κ2) is 7.06. The van der Waals surface area contributed by atoms with Crippen LogP contribution in [0.2, 0.25) is 0 Å². The number of nitrogens with zero attached hydrogens (tertiary/aromatic N) is 3. The normalized spacial score (nSPS) is 11.4. The molecule has 4 nitrogen and oxygen atoms in total. The van der Waals surface area contributed by atoms with E-state index in [2.05, 4.69) is 22.4 Å². The van der Waals surface area contributed by atoms with E-state index < -0.39 is 0 Å². The fourth-order valence-electron chi connectivity index (χ4n) is 0.733. The van der Waals surface area contributed by atoms with E-state index in [-0.39, 0.29) is 0 Å². The fourth-order valence-corrected chi connectivity index (χ4v) is 0.733. The number of nitrogens with one attached hydrogen (secondary N) is 1. The second-order valence-corrected chi connectivity index (χ2v) is 3.01. The first-order chi connectivity index (χ1) is 5.66. The van der Waals surface area contributed by atoms with Gasteiger partial charge in [0.2, 0.25) is 0 Å². The zero-order chi connectivity index (χ0) is 9.40. The average molecular weight is 172 g/mol. The third-order valence-corrected chi connectivity index (χ3v) is 1.45. The first-order valence-corrected chi connectivity index (χ1v) is 4.19. The maximum atomic E-state index is 4.12. The molecule has 0 aliphatic heterocycles. The highest BCUT2D eigenvalue weighted by Crippen LogP contribution is 1.78. The Labute approximate surface area is 75.2 Å². The van der Waals surface area contributed by atoms with E-state index in [0.717, 1.165) is 19.6 Å². The van der Waals surface area contributed by atoms with Gasteiger partial charge in [-0.1, -0.05) is 0 Å². The lowest BCUT2D eigenvalue weighted by Crippen LogP contribution is -2.29. The van der Waals surface area contributed by atoms with Crippen LogP contribution in [0.1, 0.15) is 0 Å². The molecular formula is C8H20N4. The second-order valence-electron chi connectivity index (χ2n) is 3.01. The molecule has 0 fully saturated rings. The maximum absolute atomic E-state index is 4.12. The average Bonchev–Trinajstić information content (AvgIpc) is 2.00. The summed E-state index contributed by atoms with van der Waals surface area (Å²) in [6.07, 6.45) is 1.91. The summed E-state index contributed by atoms with van der Waals surface area (Å²) in [5.41, 5.74) is 0. The molecule has 0 saturated heterocycles. The van der Waals surface area contributed by atoms with Crippen molar-refractivity contribution in [2.75, 3.05) is 47.8 Å². The van der Waals surface area contributed by atoms with Crippen LogP contribution in [0.15, 0.2) is 5.10 Å². The third-order valence-electron chi connectivity index (χ3n) is 1.45. The summed E-state index contributed by atoms with van der Waals surface area (Å²) >= 11 is 0. The Kier molecular flexibility index (Phi) is 6.70. The Balaban J connectivity index is 3.36. The number of hydrogen-bond acceptors (Lipinski definition) is 4. The van der Waals surface area contributed by atoms with Crippen molar-refractivity contribution in [2.45, 2.75) is 0 Å². The van der Waals surface area contributed by atoms with Crippen LogP contribution < -0.4 is 5.32 Å². The van der Waals surface area contributed by atoms with Crippen molar-refractivity contribution in [1.29, 1.82) is 0 Å². The minimum Gasteiger partial charge on any atom is -0.318 e. The molecule has 0 bridgehead atoms. The summed E-state index contributed by atoms with van der Waals surface area (Å²) in [7, 11) is 7.88. The molecule has 0 aromatic carbocycles. The van der Waals surface area contributed by atoms with Crippen molar-refractivity contribution in [3.63, 3.8) is 0 Å². The fraction of sp³-hybridized carbons (Fsp3) is 0.875. The Morgan fingerprint density at radius 2 is 2.00 bits per heavy atom. The molecule has 0 aliphatic carbocycles. The topological polar surface area (TPSA) is 30.9 Å². The van der Waals surface area contributed by atoms with E-state index in [1.807, 2.05) is 27.4 Å². The zero-order valence-electron chi connectivity index (χ0n) is 8.54. The Bertz CT molecular complexity index is 122. The number of rotatable bonds is 6. The number of hydrogen-bond donors (Lipinski definition) is 1. The molecule has 1 N–H and O–H groups in total. The largest absolute Gasteiger partial charge is 0.318 e. The first-order valence-electron chi connectivity index (χ1n) is 4.19. The van der Waals surface area contributed by atoms with Crippen molar-refractivity contribution in [3.8, 4) is 0 Å². The van der Waals surface area contributed by atoms with E-state index in [1.54, 1.807) is 5.01 Å². The van der Waals surface area contributed by atoms with Gasteiger partial charge in [0, 0.05) is 39.9 Å². The van der Waals surface area contributed by atoms with Gasteiger partial charge in [-0.15, -0.1) is 0 Å². The van der Waals surface area contributed by atoms with Gasteiger partial charge < -0.3 is 10.3 Å². The van der Waals surface area contributed by atoms with Crippen molar-refractivity contribution < 1.29 is 0 Å². The molecule has 0 saturated carbocycles. The van der Waals surface area contributed by atoms with Crippen LogP contribution in [0.4, 0.5) is 0 Å². The quantitative estimate of drug-likeness (QED) is 0.440. The molecule has 0 aromatic heterocycles. The van der Waals surface area contributed by atoms with Crippen molar-refractivity contribution in [1.82, 2.24) is 15.2 Å². The van der Waals surface area contributed by atoms with Crippen LogP contribution in [-0.2, 0) is 0 Å². The van der Waals surface area contributed by atoms with Gasteiger partial charge in [0.15, 0.2) is 0 Å². The molecule has 0 spiro atoms. The molecule has 0 heterocycles. The van der Waals surface area contributed by atoms with Gasteiger partial charge in [-0.05, 0) is 14.1 Å². The summed E-state index contributed by atoms with van der Waals surface area (Å²) < 4.78 is 0. The van der Waals surface area contributed by atoms with Crippen LogP contribution in [0.3, 0.4) is 0 Å². The monoisotopic (exact) mass is 172 g/mol. The molecule has 0 rings (SSSR count). The van der Waals surface area contributed by atoms with E-state index in [0.29, 0.717) is 0 Å². The van der Waals surface area contributed by atoms with E-state index in [9.17, 15) is 0 Å². The van der Waals surface area contributed by atoms with Crippen LogP contribution in [-0.4, -0.2) is 63.9 Å².